The zero-order chi connectivity index (χ0) is 9.68. The maximum absolute atomic E-state index is 8.76. The third kappa shape index (κ3) is 4.04. The zero-order valence-electron chi connectivity index (χ0n) is 7.46. The molecular weight excluding hydrogens is 208 g/mol. The van der Waals surface area contributed by atoms with Crippen LogP contribution in [-0.2, 0) is 6.54 Å². The smallest absolute Gasteiger partial charge is 0.113 e. The van der Waals surface area contributed by atoms with Crippen molar-refractivity contribution in [2.45, 2.75) is 13.5 Å². The van der Waals surface area contributed by atoms with Crippen molar-refractivity contribution in [3.8, 4) is 0 Å². The van der Waals surface area contributed by atoms with Crippen LogP contribution in [0.5, 0.6) is 0 Å². The second-order valence-corrected chi connectivity index (χ2v) is 4.72. The molecule has 0 fully saturated rings. The third-order valence-electron chi connectivity index (χ3n) is 1.61. The van der Waals surface area contributed by atoms with E-state index in [9.17, 15) is 0 Å². The zero-order valence-corrected chi connectivity index (χ0v) is 9.03. The van der Waals surface area contributed by atoms with E-state index in [1.807, 2.05) is 6.92 Å². The van der Waals surface area contributed by atoms with E-state index in [0.717, 1.165) is 18.1 Å². The van der Waals surface area contributed by atoms with E-state index in [0.29, 0.717) is 4.34 Å². The highest BCUT2D eigenvalue weighted by atomic mass is 35.5. The Balaban J connectivity index is 2.20. The van der Waals surface area contributed by atoms with Crippen LogP contribution in [-0.4, -0.2) is 23.2 Å². The fraction of sp³-hybridized carbons (Fsp3) is 0.625. The van der Waals surface area contributed by atoms with E-state index < -0.39 is 0 Å². The fourth-order valence-corrected chi connectivity index (χ4v) is 1.79. The first-order valence-corrected chi connectivity index (χ1v) is 5.33. The second-order valence-electron chi connectivity index (χ2n) is 2.98. The maximum Gasteiger partial charge on any atom is 0.113 e. The van der Waals surface area contributed by atoms with Gasteiger partial charge in [0.15, 0.2) is 0 Å². The first-order chi connectivity index (χ1) is 6.22. The van der Waals surface area contributed by atoms with Crippen LogP contribution in [0.15, 0.2) is 6.20 Å². The van der Waals surface area contributed by atoms with Crippen molar-refractivity contribution in [1.29, 1.82) is 0 Å². The molecule has 0 radical (unpaired) electrons. The Morgan fingerprint density at radius 3 is 3.08 bits per heavy atom. The van der Waals surface area contributed by atoms with Gasteiger partial charge in [-0.3, -0.25) is 0 Å². The van der Waals surface area contributed by atoms with Crippen LogP contribution < -0.4 is 5.32 Å². The highest BCUT2D eigenvalue weighted by Gasteiger charge is 2.01. The van der Waals surface area contributed by atoms with E-state index in [4.69, 9.17) is 16.7 Å². The Morgan fingerprint density at radius 2 is 2.54 bits per heavy atom. The lowest BCUT2D eigenvalue weighted by Gasteiger charge is -2.07. The number of nitrogens with zero attached hydrogens (tertiary/aromatic N) is 1. The molecule has 13 heavy (non-hydrogen) atoms. The summed E-state index contributed by atoms with van der Waals surface area (Å²) in [5, 5.41) is 12.9. The van der Waals surface area contributed by atoms with E-state index in [-0.39, 0.29) is 12.5 Å². The molecule has 3 nitrogen and oxygen atoms in total. The summed E-state index contributed by atoms with van der Waals surface area (Å²) >= 11 is 7.19. The summed E-state index contributed by atoms with van der Waals surface area (Å²) in [6.07, 6.45) is 1.65. The monoisotopic (exact) mass is 220 g/mol. The van der Waals surface area contributed by atoms with Crippen LogP contribution in [0.4, 0.5) is 0 Å². The van der Waals surface area contributed by atoms with Gasteiger partial charge in [-0.1, -0.05) is 18.5 Å². The number of thiazole rings is 1. The van der Waals surface area contributed by atoms with Crippen molar-refractivity contribution < 1.29 is 5.11 Å². The number of hydrogen-bond donors (Lipinski definition) is 2. The SMILES string of the molecule is CC(CO)CNCc1ncc(Cl)s1. The molecule has 0 bridgehead atoms. The number of nitrogens with one attached hydrogen (secondary N) is 1. The lowest BCUT2D eigenvalue weighted by atomic mass is 10.2. The molecule has 0 saturated carbocycles. The number of rotatable bonds is 5. The number of halogens is 1. The van der Waals surface area contributed by atoms with Crippen molar-refractivity contribution in [2.24, 2.45) is 5.92 Å². The minimum atomic E-state index is 0.214. The number of hydrogen-bond acceptors (Lipinski definition) is 4. The molecule has 74 valence electrons. The largest absolute Gasteiger partial charge is 0.396 e. The summed E-state index contributed by atoms with van der Waals surface area (Å²) in [5.74, 6) is 0.287. The average Bonchev–Trinajstić information content (AvgIpc) is 2.51. The molecule has 1 aromatic heterocycles. The number of aliphatic hydroxyl groups is 1. The lowest BCUT2D eigenvalue weighted by Crippen LogP contribution is -2.22. The molecule has 0 aromatic carbocycles. The van der Waals surface area contributed by atoms with Crippen molar-refractivity contribution >= 4 is 22.9 Å². The molecule has 0 aliphatic carbocycles. The summed E-state index contributed by atoms with van der Waals surface area (Å²) in [5.41, 5.74) is 0. The Labute approximate surface area is 86.8 Å². The minimum Gasteiger partial charge on any atom is -0.396 e. The van der Waals surface area contributed by atoms with Gasteiger partial charge in [-0.05, 0) is 5.92 Å². The topological polar surface area (TPSA) is 45.1 Å². The van der Waals surface area contributed by atoms with Crippen LogP contribution in [0.1, 0.15) is 11.9 Å². The van der Waals surface area contributed by atoms with Crippen molar-refractivity contribution in [3.63, 3.8) is 0 Å². The van der Waals surface area contributed by atoms with Crippen LogP contribution in [0.3, 0.4) is 0 Å². The van der Waals surface area contributed by atoms with E-state index in [2.05, 4.69) is 10.3 Å². The molecule has 0 amide bonds. The van der Waals surface area contributed by atoms with Crippen molar-refractivity contribution in [2.75, 3.05) is 13.2 Å². The van der Waals surface area contributed by atoms with Gasteiger partial charge in [-0.25, -0.2) is 4.98 Å². The molecule has 5 heteroatoms. The normalized spacial score (nSPS) is 13.2. The first-order valence-electron chi connectivity index (χ1n) is 4.14. The number of aliphatic hydroxyl groups excluding tert-OH is 1. The Bertz CT molecular complexity index is 254. The molecule has 0 saturated heterocycles. The van der Waals surface area contributed by atoms with Crippen molar-refractivity contribution in [3.05, 3.63) is 15.5 Å². The summed E-state index contributed by atoms with van der Waals surface area (Å²) in [7, 11) is 0. The van der Waals surface area contributed by atoms with Gasteiger partial charge in [0, 0.05) is 19.7 Å². The van der Waals surface area contributed by atoms with E-state index >= 15 is 0 Å². The van der Waals surface area contributed by atoms with E-state index in [1.54, 1.807) is 6.20 Å². The molecule has 0 aliphatic rings. The quantitative estimate of drug-likeness (QED) is 0.791. The van der Waals surface area contributed by atoms with Crippen LogP contribution >= 0.6 is 22.9 Å². The summed E-state index contributed by atoms with van der Waals surface area (Å²) < 4.78 is 0.715. The summed E-state index contributed by atoms with van der Waals surface area (Å²) in [4.78, 5) is 4.10. The van der Waals surface area contributed by atoms with Crippen LogP contribution in [0, 0.1) is 5.92 Å². The second kappa shape index (κ2) is 5.54. The molecule has 0 aliphatic heterocycles. The molecule has 1 unspecified atom stereocenters. The molecule has 2 N–H and O–H groups in total. The van der Waals surface area contributed by atoms with Gasteiger partial charge < -0.3 is 10.4 Å². The summed E-state index contributed by atoms with van der Waals surface area (Å²) in [6.45, 7) is 3.73. The lowest BCUT2D eigenvalue weighted by molar-refractivity contribution is 0.233. The first kappa shape index (κ1) is 10.9. The Kier molecular flexibility index (Phi) is 4.66. The Hall–Kier alpha value is -0.160. The predicted octanol–water partition coefficient (Wildman–Crippen LogP) is 1.51. The third-order valence-corrected chi connectivity index (χ3v) is 2.72. The fourth-order valence-electron chi connectivity index (χ4n) is 0.860. The van der Waals surface area contributed by atoms with Gasteiger partial charge in [0.25, 0.3) is 0 Å². The van der Waals surface area contributed by atoms with Gasteiger partial charge in [-0.15, -0.1) is 11.3 Å². The van der Waals surface area contributed by atoms with Gasteiger partial charge >= 0.3 is 0 Å². The van der Waals surface area contributed by atoms with Gasteiger partial charge in [0.05, 0.1) is 6.20 Å². The van der Waals surface area contributed by atoms with E-state index in [1.165, 1.54) is 11.3 Å². The Morgan fingerprint density at radius 1 is 1.77 bits per heavy atom. The van der Waals surface area contributed by atoms with Crippen molar-refractivity contribution in [1.82, 2.24) is 10.3 Å². The predicted molar refractivity (Wildman–Crippen MR) is 55.1 cm³/mol. The average molecular weight is 221 g/mol. The molecule has 1 aromatic rings. The maximum atomic E-state index is 8.76. The molecule has 1 rings (SSSR count). The summed E-state index contributed by atoms with van der Waals surface area (Å²) in [6, 6.07) is 0. The highest BCUT2D eigenvalue weighted by molar-refractivity contribution is 7.15. The molecule has 0 spiro atoms. The van der Waals surface area contributed by atoms with Crippen LogP contribution in [0.25, 0.3) is 0 Å². The molecule has 1 heterocycles. The van der Waals surface area contributed by atoms with Gasteiger partial charge in [-0.2, -0.15) is 0 Å². The number of aromatic nitrogens is 1. The molecular formula is C8H13ClN2OS. The van der Waals surface area contributed by atoms with Gasteiger partial charge in [0.2, 0.25) is 0 Å². The van der Waals surface area contributed by atoms with Gasteiger partial charge in [0.1, 0.15) is 9.34 Å². The van der Waals surface area contributed by atoms with Crippen LogP contribution in [0.2, 0.25) is 4.34 Å². The standard InChI is InChI=1S/C8H13ClN2OS/c1-6(5-12)2-10-4-8-11-3-7(9)13-8/h3,6,10,12H,2,4-5H2,1H3. The highest BCUT2D eigenvalue weighted by Crippen LogP contribution is 2.17. The minimum absolute atomic E-state index is 0.214. The molecule has 1 atom stereocenters.